The smallest absolute Gasteiger partial charge is 0.305 e. The summed E-state index contributed by atoms with van der Waals surface area (Å²) in [6.07, 6.45) is 3.68. The number of rotatable bonds is 9. The molecule has 1 heterocycles. The molecule has 0 fully saturated rings. The molecule has 0 saturated heterocycles. The summed E-state index contributed by atoms with van der Waals surface area (Å²) in [6.45, 7) is 6.35. The Hall–Kier alpha value is -1.09. The summed E-state index contributed by atoms with van der Waals surface area (Å²) in [7, 11) is 0. The molecule has 0 bridgehead atoms. The summed E-state index contributed by atoms with van der Waals surface area (Å²) < 4.78 is 4.88. The molecule has 0 atom stereocenters. The molecule has 1 aromatic rings. The third kappa shape index (κ3) is 10.6. The molecule has 6 nitrogen and oxygen atoms in total. The Balaban J connectivity index is 0.00000529. The van der Waals surface area contributed by atoms with Crippen LogP contribution in [0, 0.1) is 0 Å². The van der Waals surface area contributed by atoms with Gasteiger partial charge in [0, 0.05) is 32.3 Å². The first-order valence-electron chi connectivity index (χ1n) is 7.94. The molecule has 2 N–H and O–H groups in total. The van der Waals surface area contributed by atoms with Crippen molar-refractivity contribution in [2.45, 2.75) is 33.1 Å². The zero-order valence-electron chi connectivity index (χ0n) is 14.2. The van der Waals surface area contributed by atoms with Gasteiger partial charge in [0.1, 0.15) is 5.15 Å². The number of carbonyl (C=O) groups is 1. The zero-order chi connectivity index (χ0) is 16.9. The van der Waals surface area contributed by atoms with Gasteiger partial charge in [-0.1, -0.05) is 17.7 Å². The molecule has 0 aliphatic carbocycles. The van der Waals surface area contributed by atoms with Gasteiger partial charge < -0.3 is 15.4 Å². The first-order chi connectivity index (χ1) is 11.2. The van der Waals surface area contributed by atoms with Gasteiger partial charge in [0.05, 0.1) is 6.61 Å². The lowest BCUT2D eigenvalue weighted by atomic mass is 10.2. The summed E-state index contributed by atoms with van der Waals surface area (Å²) >= 11 is 5.76. The van der Waals surface area contributed by atoms with Gasteiger partial charge in [0.25, 0.3) is 0 Å². The summed E-state index contributed by atoms with van der Waals surface area (Å²) in [4.78, 5) is 19.7. The highest BCUT2D eigenvalue weighted by atomic mass is 127. The zero-order valence-corrected chi connectivity index (χ0v) is 17.3. The number of carbonyl (C=O) groups excluding carboxylic acids is 1. The van der Waals surface area contributed by atoms with Gasteiger partial charge in [-0.2, -0.15) is 0 Å². The molecule has 24 heavy (non-hydrogen) atoms. The Morgan fingerprint density at radius 2 is 2.12 bits per heavy atom. The lowest BCUT2D eigenvalue weighted by Gasteiger charge is -2.11. The van der Waals surface area contributed by atoms with Crippen molar-refractivity contribution >= 4 is 47.5 Å². The van der Waals surface area contributed by atoms with E-state index in [-0.39, 0.29) is 29.9 Å². The van der Waals surface area contributed by atoms with Crippen LogP contribution in [0.5, 0.6) is 0 Å². The highest BCUT2D eigenvalue weighted by Crippen LogP contribution is 2.05. The second kappa shape index (κ2) is 14.3. The number of aromatic nitrogens is 1. The second-order valence-corrected chi connectivity index (χ2v) is 5.22. The van der Waals surface area contributed by atoms with Crippen molar-refractivity contribution in [3.63, 3.8) is 0 Å². The average molecular weight is 469 g/mol. The standard InChI is InChI=1S/C16H25ClN4O2.HI/c1-3-18-16(19-10-5-6-15(22)23-4-2)20-11-9-13-7-8-14(17)21-12-13;/h7-8,12H,3-6,9-11H2,1-2H3,(H2,18,19,20);1H. The Labute approximate surface area is 165 Å². The van der Waals surface area contributed by atoms with E-state index in [1.54, 1.807) is 19.2 Å². The van der Waals surface area contributed by atoms with Crippen LogP contribution in [0.25, 0.3) is 0 Å². The number of hydrogen-bond acceptors (Lipinski definition) is 4. The largest absolute Gasteiger partial charge is 0.466 e. The molecule has 0 radical (unpaired) electrons. The number of pyridine rings is 1. The van der Waals surface area contributed by atoms with E-state index in [1.165, 1.54) is 0 Å². The van der Waals surface area contributed by atoms with Crippen molar-refractivity contribution in [2.75, 3.05) is 26.2 Å². The van der Waals surface area contributed by atoms with E-state index in [4.69, 9.17) is 16.3 Å². The maximum Gasteiger partial charge on any atom is 0.305 e. The Morgan fingerprint density at radius 1 is 1.33 bits per heavy atom. The third-order valence-electron chi connectivity index (χ3n) is 2.95. The van der Waals surface area contributed by atoms with Gasteiger partial charge in [0.2, 0.25) is 0 Å². The number of aliphatic imine (C=N–C) groups is 1. The van der Waals surface area contributed by atoms with E-state index in [2.05, 4.69) is 20.6 Å². The predicted octanol–water partition coefficient (Wildman–Crippen LogP) is 2.79. The minimum atomic E-state index is -0.170. The van der Waals surface area contributed by atoms with Gasteiger partial charge in [-0.05, 0) is 38.3 Å². The Morgan fingerprint density at radius 3 is 2.75 bits per heavy atom. The van der Waals surface area contributed by atoms with Crippen molar-refractivity contribution in [1.82, 2.24) is 15.6 Å². The van der Waals surface area contributed by atoms with Crippen LogP contribution in [0.2, 0.25) is 5.15 Å². The van der Waals surface area contributed by atoms with E-state index < -0.39 is 0 Å². The fourth-order valence-electron chi connectivity index (χ4n) is 1.87. The number of nitrogens with one attached hydrogen (secondary N) is 2. The fraction of sp³-hybridized carbons (Fsp3) is 0.562. The molecule has 0 saturated carbocycles. The highest BCUT2D eigenvalue weighted by Gasteiger charge is 2.02. The lowest BCUT2D eigenvalue weighted by molar-refractivity contribution is -0.143. The number of guanidine groups is 1. The molecule has 0 aliphatic rings. The minimum Gasteiger partial charge on any atom is -0.466 e. The fourth-order valence-corrected chi connectivity index (χ4v) is 1.98. The number of ether oxygens (including phenoxy) is 1. The van der Waals surface area contributed by atoms with E-state index in [0.29, 0.717) is 31.1 Å². The van der Waals surface area contributed by atoms with Gasteiger partial charge in [-0.3, -0.25) is 9.79 Å². The number of esters is 1. The number of hydrogen-bond donors (Lipinski definition) is 2. The van der Waals surface area contributed by atoms with Crippen LogP contribution in [0.15, 0.2) is 23.3 Å². The van der Waals surface area contributed by atoms with E-state index in [9.17, 15) is 4.79 Å². The third-order valence-corrected chi connectivity index (χ3v) is 3.18. The van der Waals surface area contributed by atoms with Crippen LogP contribution in [-0.2, 0) is 16.0 Å². The molecule has 0 spiro atoms. The topological polar surface area (TPSA) is 75.6 Å². The maximum absolute atomic E-state index is 11.2. The summed E-state index contributed by atoms with van der Waals surface area (Å²) in [5, 5.41) is 6.93. The van der Waals surface area contributed by atoms with Crippen molar-refractivity contribution in [2.24, 2.45) is 4.99 Å². The van der Waals surface area contributed by atoms with Crippen LogP contribution in [0.1, 0.15) is 32.3 Å². The van der Waals surface area contributed by atoms with Gasteiger partial charge >= 0.3 is 5.97 Å². The van der Waals surface area contributed by atoms with Crippen LogP contribution < -0.4 is 10.6 Å². The van der Waals surface area contributed by atoms with E-state index in [1.807, 2.05) is 13.0 Å². The van der Waals surface area contributed by atoms with Gasteiger partial charge in [-0.25, -0.2) is 4.98 Å². The number of halogens is 2. The summed E-state index contributed by atoms with van der Waals surface area (Å²) in [5.41, 5.74) is 1.11. The number of nitrogens with zero attached hydrogens (tertiary/aromatic N) is 2. The van der Waals surface area contributed by atoms with Crippen LogP contribution >= 0.6 is 35.6 Å². The highest BCUT2D eigenvalue weighted by molar-refractivity contribution is 14.0. The first-order valence-corrected chi connectivity index (χ1v) is 8.31. The second-order valence-electron chi connectivity index (χ2n) is 4.84. The first kappa shape index (κ1) is 22.9. The summed E-state index contributed by atoms with van der Waals surface area (Å²) in [6, 6.07) is 3.74. The Bertz CT molecular complexity index is 497. The predicted molar refractivity (Wildman–Crippen MR) is 108 cm³/mol. The Kier molecular flexibility index (Phi) is 13.6. The summed E-state index contributed by atoms with van der Waals surface area (Å²) in [5.74, 6) is 0.578. The van der Waals surface area contributed by atoms with Crippen molar-refractivity contribution in [3.8, 4) is 0 Å². The average Bonchev–Trinajstić information content (AvgIpc) is 2.53. The minimum absolute atomic E-state index is 0. The molecule has 1 aromatic heterocycles. The molecule has 0 aromatic carbocycles. The molecule has 8 heteroatoms. The molecule has 0 amide bonds. The monoisotopic (exact) mass is 468 g/mol. The van der Waals surface area contributed by atoms with Crippen molar-refractivity contribution in [1.29, 1.82) is 0 Å². The quantitative estimate of drug-likeness (QED) is 0.146. The maximum atomic E-state index is 11.2. The molecule has 0 aliphatic heterocycles. The lowest BCUT2D eigenvalue weighted by Crippen LogP contribution is -2.38. The molecule has 0 unspecified atom stereocenters. The van der Waals surface area contributed by atoms with E-state index >= 15 is 0 Å². The molecular formula is C16H26ClIN4O2. The normalized spacial score (nSPS) is 10.7. The SMILES string of the molecule is CCNC(=NCCCC(=O)OCC)NCCc1ccc(Cl)nc1.I. The van der Waals surface area contributed by atoms with Crippen molar-refractivity contribution < 1.29 is 9.53 Å². The molecular weight excluding hydrogens is 443 g/mol. The van der Waals surface area contributed by atoms with E-state index in [0.717, 1.165) is 31.0 Å². The van der Waals surface area contributed by atoms with Crippen molar-refractivity contribution in [3.05, 3.63) is 29.0 Å². The van der Waals surface area contributed by atoms with Gasteiger partial charge in [-0.15, -0.1) is 24.0 Å². The molecule has 1 rings (SSSR count). The van der Waals surface area contributed by atoms with Crippen LogP contribution in [0.4, 0.5) is 0 Å². The van der Waals surface area contributed by atoms with Crippen LogP contribution in [0.3, 0.4) is 0 Å². The van der Waals surface area contributed by atoms with Crippen LogP contribution in [-0.4, -0.2) is 43.2 Å². The molecule has 136 valence electrons. The van der Waals surface area contributed by atoms with Gasteiger partial charge in [0.15, 0.2) is 5.96 Å².